The lowest BCUT2D eigenvalue weighted by Crippen LogP contribution is -2.43. The smallest absolute Gasteiger partial charge is 0.411 e. The van der Waals surface area contributed by atoms with Crippen molar-refractivity contribution < 1.29 is 24.2 Å². The second kappa shape index (κ2) is 9.02. The highest BCUT2D eigenvalue weighted by Gasteiger charge is 2.43. The summed E-state index contributed by atoms with van der Waals surface area (Å²) in [6.07, 6.45) is -1.02. The van der Waals surface area contributed by atoms with E-state index in [0.717, 1.165) is 11.1 Å². The van der Waals surface area contributed by atoms with E-state index in [1.54, 1.807) is 26.8 Å². The van der Waals surface area contributed by atoms with E-state index in [1.165, 1.54) is 4.90 Å². The Morgan fingerprint density at radius 3 is 2.25 bits per heavy atom. The van der Waals surface area contributed by atoms with Crippen molar-refractivity contribution in [2.75, 3.05) is 6.54 Å². The van der Waals surface area contributed by atoms with E-state index in [1.807, 2.05) is 30.3 Å². The van der Waals surface area contributed by atoms with Crippen molar-refractivity contribution in [2.45, 2.75) is 64.2 Å². The van der Waals surface area contributed by atoms with Gasteiger partial charge in [-0.05, 0) is 44.0 Å². The summed E-state index contributed by atoms with van der Waals surface area (Å²) >= 11 is 6.54. The third-order valence-corrected chi connectivity index (χ3v) is 5.91. The number of carboxylic acids is 1. The molecule has 2 atom stereocenters. The number of carboxylic acid groups (broad SMARTS) is 1. The lowest BCUT2D eigenvalue weighted by Gasteiger charge is -2.27. The standard InChI is InChI=1S/C25H30ClNO5/c1-24(2,3)32-23(30)27-15-18(14-20(27)22(28)29)31-21-12-11-17(13-19(21)26)25(4,5)16-9-7-6-8-10-16/h6-13,18,20H,14-15H2,1-5H3,(H,28,29). The Kier molecular flexibility index (Phi) is 6.75. The second-order valence-corrected chi connectivity index (χ2v) is 10.0. The first kappa shape index (κ1) is 23.9. The number of likely N-dealkylation sites (tertiary alicyclic amines) is 1. The average Bonchev–Trinajstić information content (AvgIpc) is 3.13. The molecule has 2 aromatic carbocycles. The molecule has 1 heterocycles. The van der Waals surface area contributed by atoms with Crippen LogP contribution in [0.25, 0.3) is 0 Å². The normalized spacial score (nSPS) is 19.0. The van der Waals surface area contributed by atoms with Crippen molar-refractivity contribution in [3.05, 3.63) is 64.7 Å². The summed E-state index contributed by atoms with van der Waals surface area (Å²) in [6, 6.07) is 14.8. The van der Waals surface area contributed by atoms with Crippen LogP contribution < -0.4 is 4.74 Å². The molecule has 1 saturated heterocycles. The number of carbonyl (C=O) groups excluding carboxylic acids is 1. The zero-order chi connectivity index (χ0) is 23.7. The fourth-order valence-electron chi connectivity index (χ4n) is 3.83. The summed E-state index contributed by atoms with van der Waals surface area (Å²) in [5.41, 5.74) is 1.23. The summed E-state index contributed by atoms with van der Waals surface area (Å²) < 4.78 is 11.4. The van der Waals surface area contributed by atoms with Gasteiger partial charge in [-0.3, -0.25) is 4.90 Å². The molecule has 2 unspecified atom stereocenters. The quantitative estimate of drug-likeness (QED) is 0.638. The molecular formula is C25H30ClNO5. The minimum Gasteiger partial charge on any atom is -0.487 e. The number of amides is 1. The van der Waals surface area contributed by atoms with Gasteiger partial charge in [0.15, 0.2) is 0 Å². The Morgan fingerprint density at radius 1 is 1.03 bits per heavy atom. The van der Waals surface area contributed by atoms with Crippen LogP contribution in [0.2, 0.25) is 5.02 Å². The number of hydrogen-bond donors (Lipinski definition) is 1. The maximum Gasteiger partial charge on any atom is 0.411 e. The van der Waals surface area contributed by atoms with E-state index < -0.39 is 29.8 Å². The van der Waals surface area contributed by atoms with Crippen molar-refractivity contribution >= 4 is 23.7 Å². The molecule has 3 rings (SSSR count). The molecule has 1 amide bonds. The van der Waals surface area contributed by atoms with Crippen LogP contribution in [0.5, 0.6) is 5.75 Å². The predicted molar refractivity (Wildman–Crippen MR) is 123 cm³/mol. The Labute approximate surface area is 194 Å². The molecule has 1 fully saturated rings. The minimum absolute atomic E-state index is 0.111. The van der Waals surface area contributed by atoms with E-state index in [9.17, 15) is 14.7 Å². The molecule has 0 bridgehead atoms. The molecule has 6 nitrogen and oxygen atoms in total. The summed E-state index contributed by atoms with van der Waals surface area (Å²) in [5.74, 6) is -0.632. The van der Waals surface area contributed by atoms with Crippen molar-refractivity contribution in [1.29, 1.82) is 0 Å². The Balaban J connectivity index is 1.76. The van der Waals surface area contributed by atoms with Crippen LogP contribution in [0.4, 0.5) is 4.79 Å². The van der Waals surface area contributed by atoms with Gasteiger partial charge in [0.05, 0.1) is 11.6 Å². The van der Waals surface area contributed by atoms with E-state index in [-0.39, 0.29) is 18.4 Å². The number of ether oxygens (including phenoxy) is 2. The Bertz CT molecular complexity index is 984. The molecule has 0 spiro atoms. The van der Waals surface area contributed by atoms with E-state index in [2.05, 4.69) is 26.0 Å². The number of carbonyl (C=O) groups is 2. The molecular weight excluding hydrogens is 430 g/mol. The first-order valence-corrected chi connectivity index (χ1v) is 11.0. The Morgan fingerprint density at radius 2 is 1.69 bits per heavy atom. The molecule has 1 N–H and O–H groups in total. The van der Waals surface area contributed by atoms with Crippen molar-refractivity contribution in [1.82, 2.24) is 4.90 Å². The molecule has 1 aliphatic rings. The fraction of sp³-hybridized carbons (Fsp3) is 0.440. The first-order chi connectivity index (χ1) is 14.9. The highest BCUT2D eigenvalue weighted by Crippen LogP contribution is 2.37. The van der Waals surface area contributed by atoms with E-state index in [4.69, 9.17) is 21.1 Å². The number of rotatable bonds is 5. The van der Waals surface area contributed by atoms with Gasteiger partial charge in [-0.2, -0.15) is 0 Å². The van der Waals surface area contributed by atoms with Crippen LogP contribution in [0.1, 0.15) is 52.2 Å². The third-order valence-electron chi connectivity index (χ3n) is 5.62. The zero-order valence-electron chi connectivity index (χ0n) is 19.1. The van der Waals surface area contributed by atoms with Gasteiger partial charge in [0.1, 0.15) is 23.5 Å². The number of aliphatic carboxylic acids is 1. The van der Waals surface area contributed by atoms with Crippen molar-refractivity contribution in [3.63, 3.8) is 0 Å². The maximum atomic E-state index is 12.5. The molecule has 32 heavy (non-hydrogen) atoms. The SMILES string of the molecule is CC(C)(C)OC(=O)N1CC(Oc2ccc(C(C)(C)c3ccccc3)cc2Cl)CC1C(=O)O. The number of benzene rings is 2. The second-order valence-electron chi connectivity index (χ2n) is 9.60. The first-order valence-electron chi connectivity index (χ1n) is 10.6. The minimum atomic E-state index is -1.09. The van der Waals surface area contributed by atoms with Crippen LogP contribution in [-0.4, -0.2) is 46.4 Å². The van der Waals surface area contributed by atoms with Crippen molar-refractivity contribution in [2.24, 2.45) is 0 Å². The van der Waals surface area contributed by atoms with Crippen LogP contribution in [0.3, 0.4) is 0 Å². The lowest BCUT2D eigenvalue weighted by atomic mass is 9.78. The topological polar surface area (TPSA) is 76.1 Å². The number of nitrogens with zero attached hydrogens (tertiary/aromatic N) is 1. The maximum absolute atomic E-state index is 12.5. The van der Waals surface area contributed by atoms with E-state index in [0.29, 0.717) is 10.8 Å². The molecule has 1 aliphatic heterocycles. The molecule has 7 heteroatoms. The molecule has 0 radical (unpaired) electrons. The molecule has 172 valence electrons. The number of hydrogen-bond acceptors (Lipinski definition) is 4. The molecule has 2 aromatic rings. The van der Waals surface area contributed by atoms with Gasteiger partial charge < -0.3 is 14.6 Å². The van der Waals surface area contributed by atoms with Gasteiger partial charge in [-0.1, -0.05) is 61.8 Å². The van der Waals surface area contributed by atoms with Crippen LogP contribution in [0.15, 0.2) is 48.5 Å². The number of halogens is 1. The lowest BCUT2D eigenvalue weighted by molar-refractivity contribution is -0.142. The largest absolute Gasteiger partial charge is 0.487 e. The van der Waals surface area contributed by atoms with Gasteiger partial charge >= 0.3 is 12.1 Å². The summed E-state index contributed by atoms with van der Waals surface area (Å²) in [7, 11) is 0. The summed E-state index contributed by atoms with van der Waals surface area (Å²) in [6.45, 7) is 9.58. The summed E-state index contributed by atoms with van der Waals surface area (Å²) in [4.78, 5) is 25.4. The van der Waals surface area contributed by atoms with Gasteiger partial charge in [-0.25, -0.2) is 9.59 Å². The predicted octanol–water partition coefficient (Wildman–Crippen LogP) is 5.51. The highest BCUT2D eigenvalue weighted by atomic mass is 35.5. The zero-order valence-corrected chi connectivity index (χ0v) is 19.8. The molecule has 0 aliphatic carbocycles. The van der Waals surface area contributed by atoms with Crippen LogP contribution >= 0.6 is 11.6 Å². The van der Waals surface area contributed by atoms with E-state index >= 15 is 0 Å². The van der Waals surface area contributed by atoms with Gasteiger partial charge in [0, 0.05) is 11.8 Å². The fourth-order valence-corrected chi connectivity index (χ4v) is 4.05. The highest BCUT2D eigenvalue weighted by molar-refractivity contribution is 6.32. The van der Waals surface area contributed by atoms with Crippen LogP contribution in [-0.2, 0) is 14.9 Å². The monoisotopic (exact) mass is 459 g/mol. The summed E-state index contributed by atoms with van der Waals surface area (Å²) in [5, 5.41) is 10.0. The van der Waals surface area contributed by atoms with Crippen LogP contribution in [0, 0.1) is 0 Å². The van der Waals surface area contributed by atoms with Crippen molar-refractivity contribution in [3.8, 4) is 5.75 Å². The Hall–Kier alpha value is -2.73. The molecule has 0 aromatic heterocycles. The van der Waals surface area contributed by atoms with Gasteiger partial charge in [0.25, 0.3) is 0 Å². The molecule has 0 saturated carbocycles. The average molecular weight is 460 g/mol. The van der Waals surface area contributed by atoms with Gasteiger partial charge in [-0.15, -0.1) is 0 Å². The van der Waals surface area contributed by atoms with Gasteiger partial charge in [0.2, 0.25) is 0 Å². The third kappa shape index (κ3) is 5.36.